The molecule has 2 rings (SSSR count). The molecule has 0 unspecified atom stereocenters. The van der Waals surface area contributed by atoms with Crippen LogP contribution < -0.4 is 10.6 Å². The van der Waals surface area contributed by atoms with Gasteiger partial charge >= 0.3 is 0 Å². The number of hydrogen-bond donors (Lipinski definition) is 2. The van der Waals surface area contributed by atoms with Gasteiger partial charge in [0.05, 0.1) is 15.7 Å². The zero-order valence-corrected chi connectivity index (χ0v) is 13.1. The first kappa shape index (κ1) is 15.8. The molecule has 0 saturated carbocycles. The summed E-state index contributed by atoms with van der Waals surface area (Å²) in [6.07, 6.45) is 2.58. The molecule has 0 fully saturated rings. The van der Waals surface area contributed by atoms with Crippen LogP contribution in [-0.4, -0.2) is 35.8 Å². The molecule has 0 radical (unpaired) electrons. The average molecular weight is 327 g/mol. The van der Waals surface area contributed by atoms with Crippen LogP contribution in [0.25, 0.3) is 5.69 Å². The molecule has 1 heterocycles. The molecule has 1 amide bonds. The highest BCUT2D eigenvalue weighted by Crippen LogP contribution is 2.24. The van der Waals surface area contributed by atoms with Crippen LogP contribution in [-0.2, 0) is 0 Å². The molecule has 0 aliphatic carbocycles. The predicted octanol–water partition coefficient (Wildman–Crippen LogP) is 2.52. The lowest BCUT2D eigenvalue weighted by Crippen LogP contribution is -2.27. The fourth-order valence-corrected chi connectivity index (χ4v) is 2.07. The van der Waals surface area contributed by atoms with E-state index in [0.29, 0.717) is 22.3 Å². The number of nitrogens with zero attached hydrogens (tertiary/aromatic N) is 2. The van der Waals surface area contributed by atoms with Crippen molar-refractivity contribution >= 4 is 29.1 Å². The van der Waals surface area contributed by atoms with Crippen molar-refractivity contribution in [2.45, 2.75) is 6.42 Å². The number of rotatable bonds is 6. The zero-order valence-electron chi connectivity index (χ0n) is 11.6. The highest BCUT2D eigenvalue weighted by Gasteiger charge is 2.10. The summed E-state index contributed by atoms with van der Waals surface area (Å²) in [5.74, 6) is -0.190. The van der Waals surface area contributed by atoms with Crippen LogP contribution in [0.2, 0.25) is 10.0 Å². The summed E-state index contributed by atoms with van der Waals surface area (Å²) in [4.78, 5) is 11.9. The zero-order chi connectivity index (χ0) is 15.2. The number of halogens is 2. The smallest absolute Gasteiger partial charge is 0.271 e. The highest BCUT2D eigenvalue weighted by molar-refractivity contribution is 6.42. The minimum atomic E-state index is -0.190. The number of benzene rings is 1. The van der Waals surface area contributed by atoms with E-state index in [4.69, 9.17) is 23.2 Å². The third-order valence-corrected chi connectivity index (χ3v) is 3.62. The lowest BCUT2D eigenvalue weighted by Gasteiger charge is -2.04. The van der Waals surface area contributed by atoms with Gasteiger partial charge in [-0.05, 0) is 44.3 Å². The molecule has 5 nitrogen and oxygen atoms in total. The van der Waals surface area contributed by atoms with Crippen LogP contribution in [0.5, 0.6) is 0 Å². The Bertz CT molecular complexity index is 627. The van der Waals surface area contributed by atoms with Gasteiger partial charge in [-0.15, -0.1) is 0 Å². The first-order valence-electron chi connectivity index (χ1n) is 6.55. The van der Waals surface area contributed by atoms with Gasteiger partial charge in [0.1, 0.15) is 0 Å². The van der Waals surface area contributed by atoms with Crippen molar-refractivity contribution < 1.29 is 4.79 Å². The van der Waals surface area contributed by atoms with Gasteiger partial charge in [-0.1, -0.05) is 23.2 Å². The molecular weight excluding hydrogens is 311 g/mol. The molecular formula is C14H16Cl2N4O. The maximum atomic E-state index is 11.9. The third-order valence-electron chi connectivity index (χ3n) is 2.88. The fourth-order valence-electron chi connectivity index (χ4n) is 1.77. The first-order chi connectivity index (χ1) is 10.1. The van der Waals surface area contributed by atoms with Crippen LogP contribution in [0.15, 0.2) is 30.5 Å². The van der Waals surface area contributed by atoms with Gasteiger partial charge < -0.3 is 10.6 Å². The standard InChI is InChI=1S/C14H16Cl2N4O/c1-17-6-2-7-18-14(21)13-5-8-20(19-13)10-3-4-11(15)12(16)9-10/h3-5,8-9,17H,2,6-7H2,1H3,(H,18,21). The number of carbonyl (C=O) groups excluding carboxylic acids is 1. The van der Waals surface area contributed by atoms with Crippen LogP contribution in [0.1, 0.15) is 16.9 Å². The van der Waals surface area contributed by atoms with Crippen molar-refractivity contribution in [3.8, 4) is 5.69 Å². The van der Waals surface area contributed by atoms with E-state index in [9.17, 15) is 4.79 Å². The normalized spacial score (nSPS) is 10.6. The molecule has 0 bridgehead atoms. The third kappa shape index (κ3) is 4.20. The van der Waals surface area contributed by atoms with Gasteiger partial charge in [0.2, 0.25) is 0 Å². The van der Waals surface area contributed by atoms with E-state index in [0.717, 1.165) is 18.7 Å². The topological polar surface area (TPSA) is 58.9 Å². The molecule has 2 aromatic rings. The van der Waals surface area contributed by atoms with Gasteiger partial charge in [0.25, 0.3) is 5.91 Å². The van der Waals surface area contributed by atoms with Crippen molar-refractivity contribution in [2.75, 3.05) is 20.1 Å². The van der Waals surface area contributed by atoms with Gasteiger partial charge in [0.15, 0.2) is 5.69 Å². The van der Waals surface area contributed by atoms with Crippen molar-refractivity contribution in [2.24, 2.45) is 0 Å². The number of carbonyl (C=O) groups is 1. The second-order valence-electron chi connectivity index (χ2n) is 4.46. The molecule has 0 spiro atoms. The van der Waals surface area contributed by atoms with Gasteiger partial charge in [-0.2, -0.15) is 5.10 Å². The van der Waals surface area contributed by atoms with Crippen LogP contribution in [0, 0.1) is 0 Å². The summed E-state index contributed by atoms with van der Waals surface area (Å²) in [6.45, 7) is 1.47. The molecule has 0 aliphatic rings. The molecule has 112 valence electrons. The van der Waals surface area contributed by atoms with Gasteiger partial charge in [-0.25, -0.2) is 4.68 Å². The molecule has 21 heavy (non-hydrogen) atoms. The minimum Gasteiger partial charge on any atom is -0.351 e. The van der Waals surface area contributed by atoms with Crippen LogP contribution in [0.3, 0.4) is 0 Å². The summed E-state index contributed by atoms with van der Waals surface area (Å²) in [6, 6.07) is 6.84. The van der Waals surface area contributed by atoms with Crippen molar-refractivity contribution in [1.29, 1.82) is 0 Å². The van der Waals surface area contributed by atoms with Crippen molar-refractivity contribution in [1.82, 2.24) is 20.4 Å². The minimum absolute atomic E-state index is 0.190. The molecule has 0 atom stereocenters. The van der Waals surface area contributed by atoms with E-state index >= 15 is 0 Å². The van der Waals surface area contributed by atoms with E-state index in [2.05, 4.69) is 15.7 Å². The Morgan fingerprint density at radius 2 is 2.05 bits per heavy atom. The molecule has 0 saturated heterocycles. The second-order valence-corrected chi connectivity index (χ2v) is 5.27. The predicted molar refractivity (Wildman–Crippen MR) is 84.5 cm³/mol. The lowest BCUT2D eigenvalue weighted by atomic mass is 10.3. The van der Waals surface area contributed by atoms with E-state index in [1.807, 2.05) is 7.05 Å². The summed E-state index contributed by atoms with van der Waals surface area (Å²) in [7, 11) is 1.88. The first-order valence-corrected chi connectivity index (χ1v) is 7.31. The Kier molecular flexibility index (Phi) is 5.61. The van der Waals surface area contributed by atoms with E-state index in [1.54, 1.807) is 35.1 Å². The lowest BCUT2D eigenvalue weighted by molar-refractivity contribution is 0.0948. The Morgan fingerprint density at radius 3 is 2.76 bits per heavy atom. The van der Waals surface area contributed by atoms with E-state index < -0.39 is 0 Å². The monoisotopic (exact) mass is 326 g/mol. The van der Waals surface area contributed by atoms with Crippen molar-refractivity contribution in [3.05, 3.63) is 46.2 Å². The fraction of sp³-hybridized carbons (Fsp3) is 0.286. The van der Waals surface area contributed by atoms with Gasteiger partial charge in [0, 0.05) is 12.7 Å². The maximum Gasteiger partial charge on any atom is 0.271 e. The number of nitrogens with one attached hydrogen (secondary N) is 2. The number of aromatic nitrogens is 2. The largest absolute Gasteiger partial charge is 0.351 e. The quantitative estimate of drug-likeness (QED) is 0.802. The Balaban J connectivity index is 2.03. The van der Waals surface area contributed by atoms with E-state index in [1.165, 1.54) is 0 Å². The Labute approximate surface area is 133 Å². The van der Waals surface area contributed by atoms with Crippen LogP contribution >= 0.6 is 23.2 Å². The molecule has 1 aromatic heterocycles. The highest BCUT2D eigenvalue weighted by atomic mass is 35.5. The molecule has 0 aliphatic heterocycles. The molecule has 1 aromatic carbocycles. The van der Waals surface area contributed by atoms with Crippen LogP contribution in [0.4, 0.5) is 0 Å². The van der Waals surface area contributed by atoms with Crippen molar-refractivity contribution in [3.63, 3.8) is 0 Å². The summed E-state index contributed by atoms with van der Waals surface area (Å²) in [5.41, 5.74) is 1.11. The second kappa shape index (κ2) is 7.45. The van der Waals surface area contributed by atoms with Gasteiger partial charge in [-0.3, -0.25) is 4.79 Å². The average Bonchev–Trinajstić information content (AvgIpc) is 2.96. The Hall–Kier alpha value is -1.56. The number of amides is 1. The Morgan fingerprint density at radius 1 is 1.24 bits per heavy atom. The molecule has 7 heteroatoms. The van der Waals surface area contributed by atoms with E-state index in [-0.39, 0.29) is 5.91 Å². The SMILES string of the molecule is CNCCCNC(=O)c1ccn(-c2ccc(Cl)c(Cl)c2)n1. The summed E-state index contributed by atoms with van der Waals surface area (Å²) < 4.78 is 1.59. The number of hydrogen-bond acceptors (Lipinski definition) is 3. The summed E-state index contributed by atoms with van der Waals surface area (Å²) >= 11 is 11.8. The summed E-state index contributed by atoms with van der Waals surface area (Å²) in [5, 5.41) is 11.0. The maximum absolute atomic E-state index is 11.9. The molecule has 2 N–H and O–H groups in total.